The molecule has 4 rings (SSSR count). The minimum atomic E-state index is -3.34. The summed E-state index contributed by atoms with van der Waals surface area (Å²) in [6, 6.07) is 14.5. The standard InChI is InChI=1S/C25H32N2O5S/c1-18(31-20-13-11-19(12-14-20)27(2)33(3,29)30)24(28)26-22-17-25(15-7-4-8-16-25)32-23-10-6-5-9-21(22)23/h5-6,9-14,18,22H,4,7-8,15-17H2,1-3H3,(H,26,28)/t18-,22-/m1/s1. The summed E-state index contributed by atoms with van der Waals surface area (Å²) in [7, 11) is -1.85. The van der Waals surface area contributed by atoms with Gasteiger partial charge in [0.05, 0.1) is 18.0 Å². The summed E-state index contributed by atoms with van der Waals surface area (Å²) in [4.78, 5) is 13.0. The van der Waals surface area contributed by atoms with Crippen LogP contribution >= 0.6 is 0 Å². The molecular formula is C25H32N2O5S. The molecule has 2 atom stereocenters. The first-order valence-corrected chi connectivity index (χ1v) is 13.3. The molecule has 1 N–H and O–H groups in total. The van der Waals surface area contributed by atoms with Gasteiger partial charge >= 0.3 is 0 Å². The molecule has 7 nitrogen and oxygen atoms in total. The Morgan fingerprint density at radius 1 is 1.12 bits per heavy atom. The van der Waals surface area contributed by atoms with Crippen molar-refractivity contribution in [1.82, 2.24) is 5.32 Å². The average molecular weight is 473 g/mol. The van der Waals surface area contributed by atoms with E-state index in [1.165, 1.54) is 17.8 Å². The molecule has 1 aliphatic heterocycles. The molecule has 1 aliphatic carbocycles. The van der Waals surface area contributed by atoms with E-state index in [9.17, 15) is 13.2 Å². The highest BCUT2D eigenvalue weighted by molar-refractivity contribution is 7.92. The number of benzene rings is 2. The average Bonchev–Trinajstić information content (AvgIpc) is 2.79. The maximum Gasteiger partial charge on any atom is 0.261 e. The third-order valence-electron chi connectivity index (χ3n) is 6.66. The number of sulfonamides is 1. The van der Waals surface area contributed by atoms with E-state index in [0.29, 0.717) is 11.4 Å². The molecule has 1 amide bonds. The predicted octanol–water partition coefficient (Wildman–Crippen LogP) is 4.19. The van der Waals surface area contributed by atoms with E-state index in [2.05, 4.69) is 5.32 Å². The highest BCUT2D eigenvalue weighted by atomic mass is 32.2. The number of anilines is 1. The van der Waals surface area contributed by atoms with E-state index in [1.807, 2.05) is 24.3 Å². The zero-order chi connectivity index (χ0) is 23.6. The lowest BCUT2D eigenvalue weighted by atomic mass is 9.77. The van der Waals surface area contributed by atoms with Crippen LogP contribution in [0.2, 0.25) is 0 Å². The highest BCUT2D eigenvalue weighted by Crippen LogP contribution is 2.46. The Kier molecular flexibility index (Phi) is 6.56. The van der Waals surface area contributed by atoms with Crippen LogP contribution in [0.5, 0.6) is 11.5 Å². The Bertz CT molecular complexity index is 1090. The summed E-state index contributed by atoms with van der Waals surface area (Å²) in [5.41, 5.74) is 1.32. The molecule has 0 aromatic heterocycles. The van der Waals surface area contributed by atoms with Crippen LogP contribution in [0.25, 0.3) is 0 Å². The van der Waals surface area contributed by atoms with E-state index in [0.717, 1.165) is 49.7 Å². The largest absolute Gasteiger partial charge is 0.487 e. The zero-order valence-electron chi connectivity index (χ0n) is 19.4. The third-order valence-corrected chi connectivity index (χ3v) is 7.86. The number of amides is 1. The van der Waals surface area contributed by atoms with Gasteiger partial charge in [0, 0.05) is 19.0 Å². The summed E-state index contributed by atoms with van der Waals surface area (Å²) in [6.07, 6.45) is 6.74. The topological polar surface area (TPSA) is 84.9 Å². The van der Waals surface area contributed by atoms with Crippen molar-refractivity contribution in [2.45, 2.75) is 63.2 Å². The quantitative estimate of drug-likeness (QED) is 0.681. The minimum absolute atomic E-state index is 0.127. The lowest BCUT2D eigenvalue weighted by Crippen LogP contribution is -2.48. The Morgan fingerprint density at radius 3 is 2.45 bits per heavy atom. The van der Waals surface area contributed by atoms with Gasteiger partial charge in [-0.3, -0.25) is 9.10 Å². The first-order chi connectivity index (χ1) is 15.7. The molecule has 0 bridgehead atoms. The fourth-order valence-corrected chi connectivity index (χ4v) is 5.23. The van der Waals surface area contributed by atoms with Crippen molar-refractivity contribution in [2.75, 3.05) is 17.6 Å². The van der Waals surface area contributed by atoms with Crippen molar-refractivity contribution in [3.05, 3.63) is 54.1 Å². The van der Waals surface area contributed by atoms with Crippen LogP contribution in [0.15, 0.2) is 48.5 Å². The van der Waals surface area contributed by atoms with Crippen molar-refractivity contribution in [3.63, 3.8) is 0 Å². The van der Waals surface area contributed by atoms with Crippen LogP contribution in [0.3, 0.4) is 0 Å². The normalized spacial score (nSPS) is 20.3. The molecule has 33 heavy (non-hydrogen) atoms. The Labute approximate surface area is 196 Å². The predicted molar refractivity (Wildman–Crippen MR) is 128 cm³/mol. The number of hydrogen-bond acceptors (Lipinski definition) is 5. The molecule has 178 valence electrons. The lowest BCUT2D eigenvalue weighted by molar-refractivity contribution is -0.128. The van der Waals surface area contributed by atoms with E-state index in [1.54, 1.807) is 31.2 Å². The molecule has 0 unspecified atom stereocenters. The molecule has 2 aromatic carbocycles. The van der Waals surface area contributed by atoms with Gasteiger partial charge in [-0.1, -0.05) is 24.6 Å². The van der Waals surface area contributed by atoms with Crippen molar-refractivity contribution in [1.29, 1.82) is 0 Å². The second-order valence-corrected chi connectivity index (χ2v) is 11.1. The minimum Gasteiger partial charge on any atom is -0.487 e. The second-order valence-electron chi connectivity index (χ2n) is 9.13. The van der Waals surface area contributed by atoms with Crippen LogP contribution in [-0.4, -0.2) is 39.3 Å². The number of hydrogen-bond donors (Lipinski definition) is 1. The molecular weight excluding hydrogens is 440 g/mol. The highest BCUT2D eigenvalue weighted by Gasteiger charge is 2.42. The number of para-hydroxylation sites is 1. The lowest BCUT2D eigenvalue weighted by Gasteiger charge is -2.44. The smallest absolute Gasteiger partial charge is 0.261 e. The molecule has 2 aromatic rings. The number of fused-ring (bicyclic) bond motifs is 1. The molecule has 1 saturated carbocycles. The maximum atomic E-state index is 13.0. The van der Waals surface area contributed by atoms with Gasteiger partial charge in [0.15, 0.2) is 6.10 Å². The molecule has 8 heteroatoms. The number of rotatable bonds is 6. The molecule has 0 saturated heterocycles. The first kappa shape index (κ1) is 23.4. The monoisotopic (exact) mass is 472 g/mol. The number of carbonyl (C=O) groups excluding carboxylic acids is 1. The third kappa shape index (κ3) is 5.27. The van der Waals surface area contributed by atoms with Crippen LogP contribution in [0, 0.1) is 0 Å². The van der Waals surface area contributed by atoms with Gasteiger partial charge in [-0.05, 0) is 62.9 Å². The number of ether oxygens (including phenoxy) is 2. The van der Waals surface area contributed by atoms with Gasteiger partial charge < -0.3 is 14.8 Å². The van der Waals surface area contributed by atoms with E-state index in [4.69, 9.17) is 9.47 Å². The van der Waals surface area contributed by atoms with E-state index in [-0.39, 0.29) is 17.6 Å². The Morgan fingerprint density at radius 2 is 1.79 bits per heavy atom. The zero-order valence-corrected chi connectivity index (χ0v) is 20.2. The fourth-order valence-electron chi connectivity index (χ4n) is 4.72. The SMILES string of the molecule is C[C@@H](Oc1ccc(N(C)S(C)(=O)=O)cc1)C(=O)N[C@@H]1CC2(CCCCC2)Oc2ccccc21. The van der Waals surface area contributed by atoms with Gasteiger partial charge in [0.2, 0.25) is 10.0 Å². The van der Waals surface area contributed by atoms with Crippen molar-refractivity contribution >= 4 is 21.6 Å². The summed E-state index contributed by atoms with van der Waals surface area (Å²) in [5.74, 6) is 1.16. The molecule has 2 aliphatic rings. The number of nitrogens with zero attached hydrogens (tertiary/aromatic N) is 1. The summed E-state index contributed by atoms with van der Waals surface area (Å²) in [6.45, 7) is 1.72. The number of nitrogens with one attached hydrogen (secondary N) is 1. The Balaban J connectivity index is 1.44. The molecule has 0 radical (unpaired) electrons. The fraction of sp³-hybridized carbons (Fsp3) is 0.480. The molecule has 1 heterocycles. The van der Waals surface area contributed by atoms with Crippen LogP contribution in [0.4, 0.5) is 5.69 Å². The van der Waals surface area contributed by atoms with Gasteiger partial charge in [0.25, 0.3) is 5.91 Å². The van der Waals surface area contributed by atoms with Gasteiger partial charge in [-0.15, -0.1) is 0 Å². The number of carbonyl (C=O) groups is 1. The van der Waals surface area contributed by atoms with Crippen LogP contribution in [-0.2, 0) is 14.8 Å². The van der Waals surface area contributed by atoms with Gasteiger partial charge in [-0.25, -0.2) is 8.42 Å². The summed E-state index contributed by atoms with van der Waals surface area (Å²) in [5, 5.41) is 3.18. The molecule has 1 fully saturated rings. The maximum absolute atomic E-state index is 13.0. The summed E-state index contributed by atoms with van der Waals surface area (Å²) >= 11 is 0. The summed E-state index contributed by atoms with van der Waals surface area (Å²) < 4.78 is 36.9. The van der Waals surface area contributed by atoms with Crippen molar-refractivity contribution in [3.8, 4) is 11.5 Å². The van der Waals surface area contributed by atoms with Gasteiger partial charge in [0.1, 0.15) is 17.1 Å². The van der Waals surface area contributed by atoms with Gasteiger partial charge in [-0.2, -0.15) is 0 Å². The Hall–Kier alpha value is -2.74. The van der Waals surface area contributed by atoms with E-state index < -0.39 is 16.1 Å². The van der Waals surface area contributed by atoms with Crippen molar-refractivity contribution < 1.29 is 22.7 Å². The second kappa shape index (κ2) is 9.25. The molecule has 1 spiro atoms. The van der Waals surface area contributed by atoms with E-state index >= 15 is 0 Å². The van der Waals surface area contributed by atoms with Crippen LogP contribution < -0.4 is 19.1 Å². The van der Waals surface area contributed by atoms with Crippen molar-refractivity contribution in [2.24, 2.45) is 0 Å². The van der Waals surface area contributed by atoms with Crippen LogP contribution in [0.1, 0.15) is 57.1 Å². The first-order valence-electron chi connectivity index (χ1n) is 11.5.